The lowest BCUT2D eigenvalue weighted by Gasteiger charge is -2.25. The van der Waals surface area contributed by atoms with Crippen LogP contribution < -0.4 is 0 Å². The number of hydrogen-bond donors (Lipinski definition) is 1. The molecule has 2 unspecified atom stereocenters. The molecule has 0 aliphatic rings. The predicted octanol–water partition coefficient (Wildman–Crippen LogP) is 0.744. The first-order chi connectivity index (χ1) is 6.90. The summed E-state index contributed by atoms with van der Waals surface area (Å²) in [6, 6.07) is 0. The summed E-state index contributed by atoms with van der Waals surface area (Å²) >= 11 is 0. The molecule has 15 heavy (non-hydrogen) atoms. The third kappa shape index (κ3) is 5.14. The van der Waals surface area contributed by atoms with E-state index in [-0.39, 0.29) is 18.4 Å². The Morgan fingerprint density at radius 1 is 1.40 bits per heavy atom. The molecule has 90 valence electrons. The van der Waals surface area contributed by atoms with Crippen LogP contribution in [0.2, 0.25) is 0 Å². The van der Waals surface area contributed by atoms with Gasteiger partial charge in [-0.05, 0) is 5.92 Å². The van der Waals surface area contributed by atoms with E-state index < -0.39 is 6.10 Å². The number of methoxy groups -OCH3 is 1. The summed E-state index contributed by atoms with van der Waals surface area (Å²) in [4.78, 5) is 13.4. The molecule has 4 nitrogen and oxygen atoms in total. The third-order valence-electron chi connectivity index (χ3n) is 2.61. The second-order valence-electron chi connectivity index (χ2n) is 4.36. The van der Waals surface area contributed by atoms with Crippen LogP contribution >= 0.6 is 0 Å². The lowest BCUT2D eigenvalue weighted by Crippen LogP contribution is -2.40. The van der Waals surface area contributed by atoms with Gasteiger partial charge in [-0.25, -0.2) is 0 Å². The molecule has 1 N–H and O–H groups in total. The average Bonchev–Trinajstić information content (AvgIpc) is 2.15. The molecule has 4 heteroatoms. The highest BCUT2D eigenvalue weighted by molar-refractivity contribution is 5.78. The first kappa shape index (κ1) is 14.4. The molecule has 0 radical (unpaired) electrons. The zero-order valence-electron chi connectivity index (χ0n) is 10.4. The molecular formula is C11H23NO3. The van der Waals surface area contributed by atoms with Crippen molar-refractivity contribution in [3.8, 4) is 0 Å². The topological polar surface area (TPSA) is 49.8 Å². The smallest absolute Gasteiger partial charge is 0.225 e. The normalized spacial score (nSPS) is 15.1. The van der Waals surface area contributed by atoms with Crippen molar-refractivity contribution in [2.24, 2.45) is 11.8 Å². The van der Waals surface area contributed by atoms with E-state index in [0.29, 0.717) is 12.5 Å². The second-order valence-corrected chi connectivity index (χ2v) is 4.36. The van der Waals surface area contributed by atoms with E-state index >= 15 is 0 Å². The Kier molecular flexibility index (Phi) is 6.52. The summed E-state index contributed by atoms with van der Waals surface area (Å²) in [5.74, 6) is 0.379. The van der Waals surface area contributed by atoms with Gasteiger partial charge in [-0.15, -0.1) is 0 Å². The van der Waals surface area contributed by atoms with Gasteiger partial charge >= 0.3 is 0 Å². The summed E-state index contributed by atoms with van der Waals surface area (Å²) in [5.41, 5.74) is 0. The molecule has 0 fully saturated rings. The monoisotopic (exact) mass is 217 g/mol. The van der Waals surface area contributed by atoms with Crippen molar-refractivity contribution < 1.29 is 14.6 Å². The highest BCUT2D eigenvalue weighted by atomic mass is 16.5. The summed E-state index contributed by atoms with van der Waals surface area (Å²) < 4.78 is 4.80. The van der Waals surface area contributed by atoms with Gasteiger partial charge in [-0.1, -0.05) is 20.8 Å². The van der Waals surface area contributed by atoms with Crippen LogP contribution in [0, 0.1) is 11.8 Å². The van der Waals surface area contributed by atoms with Crippen LogP contribution in [-0.2, 0) is 9.53 Å². The number of nitrogens with zero attached hydrogens (tertiary/aromatic N) is 1. The summed E-state index contributed by atoms with van der Waals surface area (Å²) in [6.45, 7) is 6.52. The van der Waals surface area contributed by atoms with Crippen molar-refractivity contribution >= 4 is 5.91 Å². The van der Waals surface area contributed by atoms with Gasteiger partial charge in [0.05, 0.1) is 12.7 Å². The maximum atomic E-state index is 11.8. The van der Waals surface area contributed by atoms with E-state index in [9.17, 15) is 9.90 Å². The molecule has 0 saturated heterocycles. The fourth-order valence-corrected chi connectivity index (χ4v) is 1.28. The molecular weight excluding hydrogens is 194 g/mol. The van der Waals surface area contributed by atoms with Gasteiger partial charge < -0.3 is 14.7 Å². The van der Waals surface area contributed by atoms with Crippen LogP contribution in [0.15, 0.2) is 0 Å². The number of aliphatic hydroxyl groups is 1. The van der Waals surface area contributed by atoms with E-state index in [0.717, 1.165) is 0 Å². The maximum Gasteiger partial charge on any atom is 0.225 e. The van der Waals surface area contributed by atoms with Crippen molar-refractivity contribution in [2.75, 3.05) is 27.3 Å². The molecule has 0 heterocycles. The van der Waals surface area contributed by atoms with E-state index in [1.165, 1.54) is 7.11 Å². The van der Waals surface area contributed by atoms with Crippen LogP contribution in [0.1, 0.15) is 20.8 Å². The third-order valence-corrected chi connectivity index (χ3v) is 2.61. The molecule has 0 saturated carbocycles. The number of likely N-dealkylation sites (N-methyl/N-ethyl adjacent to an activating group) is 1. The number of hydrogen-bond acceptors (Lipinski definition) is 3. The summed E-state index contributed by atoms with van der Waals surface area (Å²) in [5, 5.41) is 9.47. The van der Waals surface area contributed by atoms with Crippen LogP contribution in [0.4, 0.5) is 0 Å². The Morgan fingerprint density at radius 2 is 1.93 bits per heavy atom. The van der Waals surface area contributed by atoms with Crippen molar-refractivity contribution in [1.82, 2.24) is 4.90 Å². The van der Waals surface area contributed by atoms with Gasteiger partial charge in [0.2, 0.25) is 5.91 Å². The van der Waals surface area contributed by atoms with Crippen molar-refractivity contribution in [3.05, 3.63) is 0 Å². The van der Waals surface area contributed by atoms with Gasteiger partial charge in [0, 0.05) is 26.6 Å². The summed E-state index contributed by atoms with van der Waals surface area (Å²) in [6.07, 6.45) is -0.608. The first-order valence-electron chi connectivity index (χ1n) is 5.32. The zero-order valence-corrected chi connectivity index (χ0v) is 10.4. The Morgan fingerprint density at radius 3 is 2.33 bits per heavy atom. The van der Waals surface area contributed by atoms with E-state index in [4.69, 9.17) is 4.74 Å². The highest BCUT2D eigenvalue weighted by Crippen LogP contribution is 2.12. The highest BCUT2D eigenvalue weighted by Gasteiger charge is 2.21. The van der Waals surface area contributed by atoms with Crippen molar-refractivity contribution in [3.63, 3.8) is 0 Å². The lowest BCUT2D eigenvalue weighted by molar-refractivity contribution is -0.136. The molecule has 0 rings (SSSR count). The van der Waals surface area contributed by atoms with Gasteiger partial charge in [-0.2, -0.15) is 0 Å². The van der Waals surface area contributed by atoms with Gasteiger partial charge in [0.1, 0.15) is 0 Å². The van der Waals surface area contributed by atoms with Crippen molar-refractivity contribution in [2.45, 2.75) is 26.9 Å². The number of amides is 1. The number of carbonyl (C=O) groups excluding carboxylic acids is 1. The molecule has 0 aromatic heterocycles. The quantitative estimate of drug-likeness (QED) is 0.714. The molecule has 0 aromatic rings. The Bertz CT molecular complexity index is 194. The van der Waals surface area contributed by atoms with E-state index in [1.54, 1.807) is 11.9 Å². The van der Waals surface area contributed by atoms with Crippen LogP contribution in [0.3, 0.4) is 0 Å². The Balaban J connectivity index is 4.09. The lowest BCUT2D eigenvalue weighted by atomic mass is 9.97. The minimum atomic E-state index is -0.608. The predicted molar refractivity (Wildman–Crippen MR) is 59.5 cm³/mol. The van der Waals surface area contributed by atoms with Crippen LogP contribution in [-0.4, -0.2) is 49.3 Å². The molecule has 0 aromatic carbocycles. The minimum Gasteiger partial charge on any atom is -0.389 e. The van der Waals surface area contributed by atoms with Gasteiger partial charge in [0.15, 0.2) is 0 Å². The molecule has 0 spiro atoms. The van der Waals surface area contributed by atoms with Crippen LogP contribution in [0.5, 0.6) is 0 Å². The first-order valence-corrected chi connectivity index (χ1v) is 5.32. The molecule has 1 amide bonds. The maximum absolute atomic E-state index is 11.8. The fraction of sp³-hybridized carbons (Fsp3) is 0.909. The molecule has 0 bridgehead atoms. The van der Waals surface area contributed by atoms with Gasteiger partial charge in [0.25, 0.3) is 0 Å². The van der Waals surface area contributed by atoms with Crippen LogP contribution in [0.25, 0.3) is 0 Å². The Labute approximate surface area is 92.2 Å². The number of carbonyl (C=O) groups is 1. The molecule has 2 atom stereocenters. The van der Waals surface area contributed by atoms with Gasteiger partial charge in [-0.3, -0.25) is 4.79 Å². The van der Waals surface area contributed by atoms with E-state index in [1.807, 2.05) is 20.8 Å². The number of rotatable bonds is 6. The van der Waals surface area contributed by atoms with E-state index in [2.05, 4.69) is 0 Å². The summed E-state index contributed by atoms with van der Waals surface area (Å²) in [7, 11) is 3.24. The van der Waals surface area contributed by atoms with Crippen molar-refractivity contribution in [1.29, 1.82) is 0 Å². The number of ether oxygens (including phenoxy) is 1. The molecule has 0 aliphatic carbocycles. The second kappa shape index (κ2) is 6.80. The SMILES string of the molecule is COCC(O)CN(C)C(=O)C(C)C(C)C. The minimum absolute atomic E-state index is 0.00950. The Hall–Kier alpha value is -0.610. The molecule has 0 aliphatic heterocycles. The standard InChI is InChI=1S/C11H23NO3/c1-8(2)9(3)11(14)12(4)6-10(13)7-15-5/h8-10,13H,6-7H2,1-5H3. The largest absolute Gasteiger partial charge is 0.389 e. The zero-order chi connectivity index (χ0) is 12.0. The fourth-order valence-electron chi connectivity index (χ4n) is 1.28. The average molecular weight is 217 g/mol. The number of aliphatic hydroxyl groups excluding tert-OH is 1.